The van der Waals surface area contributed by atoms with Crippen molar-refractivity contribution in [2.45, 2.75) is 237 Å². The van der Waals surface area contributed by atoms with Crippen LogP contribution in [0.4, 0.5) is 11.4 Å². The molecule has 0 amide bonds. The number of hydrogen-bond donors (Lipinski definition) is 0. The summed E-state index contributed by atoms with van der Waals surface area (Å²) in [6.45, 7) is 54.9. The molecule has 2 nitrogen and oxygen atoms in total. The first-order chi connectivity index (χ1) is 34.5. The number of rotatable bonds is 16. The van der Waals surface area contributed by atoms with E-state index in [0.29, 0.717) is 82.4 Å². The number of hydrogen-bond acceptors (Lipinski definition) is 0. The minimum atomic E-state index is 0. The summed E-state index contributed by atoms with van der Waals surface area (Å²) in [7, 11) is 0. The SMILES string of the molecule is CC(C)c1cc(C(C)C)c(-c2cccc(-c3c(C(C)C)cc(C(C)C)cc3C(C)C)c2[NH-])c(C(C)C)c1.CC(C)c1cc(C(C)C)c(-c2cccc(-c3c(C(C)C)cc(C(C)C)cc3C(C)C)c2[NH-])c(C(C)C)c1.[Fe+2]. The molecule has 0 aliphatic carbocycles. The van der Waals surface area contributed by atoms with E-state index in [2.05, 4.69) is 251 Å². The zero-order valence-corrected chi connectivity index (χ0v) is 52.5. The van der Waals surface area contributed by atoms with Gasteiger partial charge in [0, 0.05) is 0 Å². The first kappa shape index (κ1) is 63.0. The molecule has 0 aromatic heterocycles. The van der Waals surface area contributed by atoms with Gasteiger partial charge in [0.25, 0.3) is 0 Å². The van der Waals surface area contributed by atoms with Crippen molar-refractivity contribution in [2.75, 3.05) is 0 Å². The second-order valence-electron chi connectivity index (χ2n) is 25.6. The molecule has 6 aromatic rings. The molecular weight excluding hydrogens is 949 g/mol. The van der Waals surface area contributed by atoms with Crippen LogP contribution in [0.2, 0.25) is 0 Å². The smallest absolute Gasteiger partial charge is 0.698 e. The molecule has 0 heterocycles. The summed E-state index contributed by atoms with van der Waals surface area (Å²) in [5, 5.41) is 0. The molecule has 0 saturated carbocycles. The summed E-state index contributed by atoms with van der Waals surface area (Å²) in [6.07, 6.45) is 0. The fraction of sp³-hybridized carbons (Fsp3) is 0.500. The van der Waals surface area contributed by atoms with E-state index < -0.39 is 0 Å². The summed E-state index contributed by atoms with van der Waals surface area (Å²) < 4.78 is 0. The quantitative estimate of drug-likeness (QED) is 0.0868. The van der Waals surface area contributed by atoms with E-state index in [-0.39, 0.29) is 17.1 Å². The van der Waals surface area contributed by atoms with Crippen LogP contribution in [0, 0.1) is 0 Å². The van der Waals surface area contributed by atoms with Crippen LogP contribution >= 0.6 is 0 Å². The van der Waals surface area contributed by atoms with Crippen molar-refractivity contribution in [1.29, 1.82) is 0 Å². The third-order valence-corrected chi connectivity index (χ3v) is 15.7. The minimum Gasteiger partial charge on any atom is -0.698 e. The summed E-state index contributed by atoms with van der Waals surface area (Å²) in [4.78, 5) is 0. The van der Waals surface area contributed by atoms with Gasteiger partial charge in [-0.3, -0.25) is 0 Å². The fourth-order valence-electron chi connectivity index (χ4n) is 11.0. The van der Waals surface area contributed by atoms with Crippen LogP contribution in [0.15, 0.2) is 84.9 Å². The number of nitrogens with one attached hydrogen (secondary N) is 2. The Morgan fingerprint density at radius 1 is 0.227 bits per heavy atom. The summed E-state index contributed by atoms with van der Waals surface area (Å²) in [5.41, 5.74) is 46.5. The van der Waals surface area contributed by atoms with E-state index in [4.69, 9.17) is 0 Å². The van der Waals surface area contributed by atoms with E-state index in [1.165, 1.54) is 89.0 Å². The minimum absolute atomic E-state index is 0. The third-order valence-electron chi connectivity index (χ3n) is 15.7. The van der Waals surface area contributed by atoms with Gasteiger partial charge >= 0.3 is 17.1 Å². The molecule has 0 fully saturated rings. The number of benzene rings is 6. The van der Waals surface area contributed by atoms with Gasteiger partial charge in [0.2, 0.25) is 0 Å². The second-order valence-corrected chi connectivity index (χ2v) is 25.6. The molecule has 0 saturated heterocycles. The zero-order valence-electron chi connectivity index (χ0n) is 51.4. The topological polar surface area (TPSA) is 47.6 Å². The molecule has 6 aromatic carbocycles. The Labute approximate surface area is 470 Å². The average Bonchev–Trinajstić information content (AvgIpc) is 3.32. The first-order valence-corrected chi connectivity index (χ1v) is 28.9. The molecule has 406 valence electrons. The van der Waals surface area contributed by atoms with Gasteiger partial charge in [0.1, 0.15) is 0 Å². The van der Waals surface area contributed by atoms with Crippen LogP contribution in [0.25, 0.3) is 56.0 Å². The molecule has 0 aliphatic heterocycles. The van der Waals surface area contributed by atoms with Crippen LogP contribution in [0.3, 0.4) is 0 Å². The maximum Gasteiger partial charge on any atom is 2.00 e. The van der Waals surface area contributed by atoms with E-state index in [1.54, 1.807) is 0 Å². The molecule has 0 atom stereocenters. The standard InChI is InChI=1S/2C36H50N.Fe/c2*1-20(2)26-16-30(22(5)6)34(31(17-26)23(7)8)28-14-13-15-29(36(28)37)35-32(24(9)10)18-27(21(3)4)19-33(35)25(11)12;/h2*13-25,37H,1-12H3;/q2*-1;+2. The molecule has 0 aliphatic rings. The molecule has 0 bridgehead atoms. The summed E-state index contributed by atoms with van der Waals surface area (Å²) in [6, 6.07) is 32.3. The van der Waals surface area contributed by atoms with Crippen LogP contribution in [-0.4, -0.2) is 0 Å². The Balaban J connectivity index is 0.000000320. The second kappa shape index (κ2) is 26.2. The fourth-order valence-corrected chi connectivity index (χ4v) is 11.0. The van der Waals surface area contributed by atoms with E-state index in [0.717, 1.165) is 22.3 Å². The van der Waals surface area contributed by atoms with Gasteiger partial charge in [-0.2, -0.15) is 0 Å². The predicted molar refractivity (Wildman–Crippen MR) is 332 cm³/mol. The van der Waals surface area contributed by atoms with Crippen LogP contribution < -0.4 is 0 Å². The van der Waals surface area contributed by atoms with Gasteiger partial charge in [-0.05, 0) is 182 Å². The normalized spacial score (nSPS) is 12.1. The largest absolute Gasteiger partial charge is 2.00 e. The molecule has 6 rings (SSSR count). The Hall–Kier alpha value is -4.56. The molecule has 75 heavy (non-hydrogen) atoms. The van der Waals surface area contributed by atoms with Gasteiger partial charge in [0.05, 0.1) is 0 Å². The van der Waals surface area contributed by atoms with Crippen molar-refractivity contribution in [3.8, 4) is 44.5 Å². The Morgan fingerprint density at radius 3 is 0.467 bits per heavy atom. The van der Waals surface area contributed by atoms with Crippen molar-refractivity contribution < 1.29 is 17.1 Å². The van der Waals surface area contributed by atoms with Crippen LogP contribution in [0.1, 0.15) is 304 Å². The van der Waals surface area contributed by atoms with Gasteiger partial charge in [-0.25, -0.2) is 0 Å². The van der Waals surface area contributed by atoms with Gasteiger partial charge in [-0.1, -0.05) is 251 Å². The maximum absolute atomic E-state index is 9.65. The van der Waals surface area contributed by atoms with E-state index in [1.807, 2.05) is 0 Å². The Kier molecular flexibility index (Phi) is 22.0. The third kappa shape index (κ3) is 13.8. The van der Waals surface area contributed by atoms with Gasteiger partial charge in [0.15, 0.2) is 0 Å². The summed E-state index contributed by atoms with van der Waals surface area (Å²) >= 11 is 0. The molecule has 2 N–H and O–H groups in total. The maximum atomic E-state index is 9.65. The molecular formula is C72H100FeN2. The zero-order chi connectivity index (χ0) is 55.5. The molecule has 0 unspecified atom stereocenters. The van der Waals surface area contributed by atoms with Crippen molar-refractivity contribution >= 4 is 11.4 Å². The van der Waals surface area contributed by atoms with Crippen LogP contribution in [0.5, 0.6) is 0 Å². The van der Waals surface area contributed by atoms with E-state index >= 15 is 0 Å². The molecule has 0 spiro atoms. The molecule has 3 heteroatoms. The average molecular weight is 1050 g/mol. The van der Waals surface area contributed by atoms with Crippen molar-refractivity contribution in [1.82, 2.24) is 0 Å². The van der Waals surface area contributed by atoms with Gasteiger partial charge < -0.3 is 11.5 Å². The first-order valence-electron chi connectivity index (χ1n) is 28.9. The van der Waals surface area contributed by atoms with Crippen molar-refractivity contribution in [3.05, 3.63) is 163 Å². The molecule has 0 radical (unpaired) electrons. The summed E-state index contributed by atoms with van der Waals surface area (Å²) in [5.74, 6) is 5.01. The van der Waals surface area contributed by atoms with Crippen LogP contribution in [-0.2, 0) is 17.1 Å². The Bertz CT molecular complexity index is 2380. The predicted octanol–water partition coefficient (Wildman–Crippen LogP) is 24.9. The van der Waals surface area contributed by atoms with Crippen molar-refractivity contribution in [2.24, 2.45) is 0 Å². The Morgan fingerprint density at radius 2 is 0.360 bits per heavy atom. The monoisotopic (exact) mass is 1050 g/mol. The van der Waals surface area contributed by atoms with Crippen molar-refractivity contribution in [3.63, 3.8) is 0 Å². The van der Waals surface area contributed by atoms with Gasteiger partial charge in [-0.15, -0.1) is 11.4 Å². The van der Waals surface area contributed by atoms with E-state index in [9.17, 15) is 11.5 Å².